The molecule has 2 amide bonds. The van der Waals surface area contributed by atoms with Gasteiger partial charge in [-0.15, -0.1) is 0 Å². The molecule has 0 bridgehead atoms. The fourth-order valence-corrected chi connectivity index (χ4v) is 2.82. The van der Waals surface area contributed by atoms with Crippen LogP contribution in [0.25, 0.3) is 0 Å². The van der Waals surface area contributed by atoms with Crippen LogP contribution in [0, 0.1) is 6.92 Å². The Kier molecular flexibility index (Phi) is 6.58. The molecule has 6 heteroatoms. The number of amides is 2. The third-order valence-corrected chi connectivity index (χ3v) is 4.40. The third-order valence-electron chi connectivity index (χ3n) is 4.40. The third kappa shape index (κ3) is 5.65. The molecule has 0 radical (unpaired) electrons. The van der Waals surface area contributed by atoms with Crippen molar-refractivity contribution in [3.63, 3.8) is 0 Å². The first-order valence-corrected chi connectivity index (χ1v) is 9.26. The number of hydrogen-bond acceptors (Lipinski definition) is 4. The Morgan fingerprint density at radius 3 is 2.34 bits per heavy atom. The Balaban J connectivity index is 1.58. The number of nitrogens with one attached hydrogen (secondary N) is 2. The van der Waals surface area contributed by atoms with E-state index in [1.54, 1.807) is 13.2 Å². The van der Waals surface area contributed by atoms with E-state index < -0.39 is 0 Å². The highest BCUT2D eigenvalue weighted by molar-refractivity contribution is 5.98. The number of ether oxygens (including phenoxy) is 1. The smallest absolute Gasteiger partial charge is 0.270 e. The van der Waals surface area contributed by atoms with Crippen LogP contribution in [0.1, 0.15) is 37.5 Å². The lowest BCUT2D eigenvalue weighted by atomic mass is 10.1. The lowest BCUT2D eigenvalue weighted by Crippen LogP contribution is -2.26. The van der Waals surface area contributed by atoms with Gasteiger partial charge in [0.05, 0.1) is 7.11 Å². The van der Waals surface area contributed by atoms with Crippen LogP contribution in [-0.4, -0.2) is 23.9 Å². The average molecular weight is 389 g/mol. The van der Waals surface area contributed by atoms with Crippen LogP contribution >= 0.6 is 0 Å². The molecular formula is C23H23N3O3. The monoisotopic (exact) mass is 389 g/mol. The zero-order valence-electron chi connectivity index (χ0n) is 16.4. The number of carbonyl (C=O) groups excluding carboxylic acids is 2. The van der Waals surface area contributed by atoms with Crippen molar-refractivity contribution in [3.8, 4) is 5.75 Å². The van der Waals surface area contributed by atoms with Gasteiger partial charge in [0.1, 0.15) is 11.4 Å². The van der Waals surface area contributed by atoms with Gasteiger partial charge in [0, 0.05) is 24.8 Å². The summed E-state index contributed by atoms with van der Waals surface area (Å²) in [4.78, 5) is 28.9. The second-order valence-corrected chi connectivity index (χ2v) is 6.63. The largest absolute Gasteiger partial charge is 0.497 e. The van der Waals surface area contributed by atoms with Crippen LogP contribution in [-0.2, 0) is 13.1 Å². The maximum Gasteiger partial charge on any atom is 0.270 e. The van der Waals surface area contributed by atoms with Gasteiger partial charge in [-0.1, -0.05) is 42.0 Å². The van der Waals surface area contributed by atoms with Crippen LogP contribution in [0.2, 0.25) is 0 Å². The van der Waals surface area contributed by atoms with E-state index in [2.05, 4.69) is 15.6 Å². The molecule has 0 unspecified atom stereocenters. The molecule has 0 aliphatic heterocycles. The Hall–Kier alpha value is -3.67. The average Bonchev–Trinajstić information content (AvgIpc) is 2.76. The number of methoxy groups -OCH3 is 1. The minimum atomic E-state index is -0.323. The van der Waals surface area contributed by atoms with Gasteiger partial charge >= 0.3 is 0 Å². The van der Waals surface area contributed by atoms with Crippen molar-refractivity contribution in [2.75, 3.05) is 7.11 Å². The first-order valence-electron chi connectivity index (χ1n) is 9.26. The summed E-state index contributed by atoms with van der Waals surface area (Å²) in [5.74, 6) is 0.169. The summed E-state index contributed by atoms with van der Waals surface area (Å²) in [6.07, 6.45) is 1.46. The number of aromatic nitrogens is 1. The molecule has 3 aromatic rings. The lowest BCUT2D eigenvalue weighted by Gasteiger charge is -2.08. The van der Waals surface area contributed by atoms with E-state index in [1.165, 1.54) is 12.3 Å². The van der Waals surface area contributed by atoms with Crippen LogP contribution < -0.4 is 15.4 Å². The van der Waals surface area contributed by atoms with Crippen molar-refractivity contribution >= 4 is 11.8 Å². The first-order chi connectivity index (χ1) is 14.0. The number of nitrogens with zero attached hydrogens (tertiary/aromatic N) is 1. The summed E-state index contributed by atoms with van der Waals surface area (Å²) in [5.41, 5.74) is 3.67. The second kappa shape index (κ2) is 9.50. The van der Waals surface area contributed by atoms with Crippen molar-refractivity contribution in [2.45, 2.75) is 20.0 Å². The Morgan fingerprint density at radius 2 is 1.62 bits per heavy atom. The Bertz CT molecular complexity index is 1000. The van der Waals surface area contributed by atoms with E-state index in [0.717, 1.165) is 22.4 Å². The molecule has 6 nitrogen and oxygen atoms in total. The molecule has 1 aromatic heterocycles. The second-order valence-electron chi connectivity index (χ2n) is 6.63. The number of aryl methyl sites for hydroxylation is 1. The van der Waals surface area contributed by atoms with Gasteiger partial charge in [-0.2, -0.15) is 0 Å². The summed E-state index contributed by atoms with van der Waals surface area (Å²) in [7, 11) is 1.61. The van der Waals surface area contributed by atoms with Crippen molar-refractivity contribution in [3.05, 3.63) is 94.8 Å². The standard InChI is InChI=1S/C23H23N3O3/c1-16-4-3-5-18(12-16)15-26-23(28)21-13-19(10-11-24-21)22(27)25-14-17-6-8-20(29-2)9-7-17/h3-13H,14-15H2,1-2H3,(H,25,27)(H,26,28). The quantitative estimate of drug-likeness (QED) is 0.650. The summed E-state index contributed by atoms with van der Waals surface area (Å²) in [6, 6.07) is 18.4. The fourth-order valence-electron chi connectivity index (χ4n) is 2.82. The minimum Gasteiger partial charge on any atom is -0.497 e. The minimum absolute atomic E-state index is 0.203. The number of benzene rings is 2. The molecule has 0 saturated heterocycles. The van der Waals surface area contributed by atoms with E-state index in [0.29, 0.717) is 18.7 Å². The van der Waals surface area contributed by atoms with Gasteiger partial charge in [-0.25, -0.2) is 0 Å². The number of rotatable bonds is 7. The summed E-state index contributed by atoms with van der Waals surface area (Å²) in [6.45, 7) is 2.77. The van der Waals surface area contributed by atoms with Crippen molar-refractivity contribution in [1.29, 1.82) is 0 Å². The molecule has 2 N–H and O–H groups in total. The zero-order chi connectivity index (χ0) is 20.6. The Morgan fingerprint density at radius 1 is 0.897 bits per heavy atom. The molecule has 0 atom stereocenters. The van der Waals surface area contributed by atoms with Gasteiger partial charge in [0.15, 0.2) is 0 Å². The molecule has 0 fully saturated rings. The number of carbonyl (C=O) groups is 2. The highest BCUT2D eigenvalue weighted by Crippen LogP contribution is 2.11. The number of hydrogen-bond donors (Lipinski definition) is 2. The van der Waals surface area contributed by atoms with Crippen molar-refractivity contribution in [2.24, 2.45) is 0 Å². The molecule has 148 valence electrons. The first kappa shape index (κ1) is 20.1. The van der Waals surface area contributed by atoms with Gasteiger partial charge in [0.2, 0.25) is 0 Å². The van der Waals surface area contributed by atoms with Gasteiger partial charge in [0.25, 0.3) is 11.8 Å². The molecule has 29 heavy (non-hydrogen) atoms. The van der Waals surface area contributed by atoms with Crippen LogP contribution in [0.3, 0.4) is 0 Å². The predicted molar refractivity (Wildman–Crippen MR) is 111 cm³/mol. The van der Waals surface area contributed by atoms with Crippen molar-refractivity contribution < 1.29 is 14.3 Å². The van der Waals surface area contributed by atoms with E-state index >= 15 is 0 Å². The molecule has 2 aromatic carbocycles. The summed E-state index contributed by atoms with van der Waals surface area (Å²) < 4.78 is 5.12. The number of pyridine rings is 1. The van der Waals surface area contributed by atoms with Crippen LogP contribution in [0.5, 0.6) is 5.75 Å². The SMILES string of the molecule is COc1ccc(CNC(=O)c2ccnc(C(=O)NCc3cccc(C)c3)c2)cc1. The lowest BCUT2D eigenvalue weighted by molar-refractivity contribution is 0.0946. The van der Waals surface area contributed by atoms with Crippen molar-refractivity contribution in [1.82, 2.24) is 15.6 Å². The van der Waals surface area contributed by atoms with E-state index in [4.69, 9.17) is 4.74 Å². The van der Waals surface area contributed by atoms with E-state index in [1.807, 2.05) is 55.5 Å². The highest BCUT2D eigenvalue weighted by atomic mass is 16.5. The van der Waals surface area contributed by atoms with E-state index in [-0.39, 0.29) is 17.5 Å². The molecule has 0 aliphatic rings. The van der Waals surface area contributed by atoms with Crippen LogP contribution in [0.15, 0.2) is 66.9 Å². The molecule has 0 spiro atoms. The summed E-state index contributed by atoms with van der Waals surface area (Å²) in [5, 5.41) is 5.68. The van der Waals surface area contributed by atoms with Gasteiger partial charge in [-0.3, -0.25) is 14.6 Å². The summed E-state index contributed by atoms with van der Waals surface area (Å²) >= 11 is 0. The fraction of sp³-hybridized carbons (Fsp3) is 0.174. The van der Waals surface area contributed by atoms with Crippen LogP contribution in [0.4, 0.5) is 0 Å². The van der Waals surface area contributed by atoms with Gasteiger partial charge in [-0.05, 0) is 42.3 Å². The molecule has 0 aliphatic carbocycles. The van der Waals surface area contributed by atoms with Gasteiger partial charge < -0.3 is 15.4 Å². The molecular weight excluding hydrogens is 366 g/mol. The molecule has 1 heterocycles. The predicted octanol–water partition coefficient (Wildman–Crippen LogP) is 3.26. The maximum atomic E-state index is 12.4. The highest BCUT2D eigenvalue weighted by Gasteiger charge is 2.12. The zero-order valence-corrected chi connectivity index (χ0v) is 16.4. The molecule has 3 rings (SSSR count). The topological polar surface area (TPSA) is 80.3 Å². The molecule has 0 saturated carbocycles. The maximum absolute atomic E-state index is 12.4. The Labute approximate surface area is 169 Å². The van der Waals surface area contributed by atoms with E-state index in [9.17, 15) is 9.59 Å². The normalized spacial score (nSPS) is 10.3.